The fourth-order valence-electron chi connectivity index (χ4n) is 5.02. The van der Waals surface area contributed by atoms with Gasteiger partial charge in [-0.05, 0) is 57.6 Å². The van der Waals surface area contributed by atoms with E-state index in [0.29, 0.717) is 19.5 Å². The van der Waals surface area contributed by atoms with Crippen molar-refractivity contribution in [2.24, 2.45) is 5.92 Å². The van der Waals surface area contributed by atoms with Gasteiger partial charge < -0.3 is 9.88 Å². The summed E-state index contributed by atoms with van der Waals surface area (Å²) in [6, 6.07) is 8.26. The molecule has 29 heavy (non-hydrogen) atoms. The van der Waals surface area contributed by atoms with E-state index in [1.807, 2.05) is 30.0 Å². The number of para-hydroxylation sites is 1. The zero-order chi connectivity index (χ0) is 20.8. The summed E-state index contributed by atoms with van der Waals surface area (Å²) in [7, 11) is -3.23. The molecular weight excluding hydrogens is 386 g/mol. The summed E-state index contributed by atoms with van der Waals surface area (Å²) >= 11 is 0. The number of rotatable bonds is 4. The first-order valence-electron chi connectivity index (χ1n) is 10.6. The van der Waals surface area contributed by atoms with Crippen LogP contribution in [0.2, 0.25) is 0 Å². The van der Waals surface area contributed by atoms with E-state index in [1.165, 1.54) is 0 Å². The molecule has 0 aliphatic carbocycles. The maximum absolute atomic E-state index is 13.3. The normalized spacial score (nSPS) is 23.5. The van der Waals surface area contributed by atoms with E-state index >= 15 is 0 Å². The molecule has 1 N–H and O–H groups in total. The predicted octanol–water partition coefficient (Wildman–Crippen LogP) is 3.07. The van der Waals surface area contributed by atoms with Crippen molar-refractivity contribution >= 4 is 26.8 Å². The molecule has 0 radical (unpaired) electrons. The molecule has 0 saturated carbocycles. The molecule has 3 heterocycles. The van der Waals surface area contributed by atoms with E-state index in [-0.39, 0.29) is 17.9 Å². The number of carbonyl (C=O) groups is 1. The molecule has 2 atom stereocenters. The Kier molecular flexibility index (Phi) is 5.46. The maximum Gasteiger partial charge on any atom is 0.227 e. The van der Waals surface area contributed by atoms with Gasteiger partial charge >= 0.3 is 0 Å². The number of aryl methyl sites for hydroxylation is 1. The van der Waals surface area contributed by atoms with Crippen LogP contribution in [0.5, 0.6) is 0 Å². The Morgan fingerprint density at radius 3 is 2.72 bits per heavy atom. The number of nitrogens with zero attached hydrogens (tertiary/aromatic N) is 2. The number of H-pyrrole nitrogens is 1. The maximum atomic E-state index is 13.3. The minimum Gasteiger partial charge on any atom is -0.358 e. The molecule has 2 aromatic rings. The van der Waals surface area contributed by atoms with Crippen LogP contribution >= 0.6 is 0 Å². The first-order chi connectivity index (χ1) is 13.8. The van der Waals surface area contributed by atoms with Gasteiger partial charge in [-0.2, -0.15) is 0 Å². The average molecular weight is 418 g/mol. The molecule has 0 bridgehead atoms. The summed E-state index contributed by atoms with van der Waals surface area (Å²) in [6.07, 6.45) is 3.06. The third-order valence-electron chi connectivity index (χ3n) is 6.66. The minimum absolute atomic E-state index is 0.153. The molecule has 0 spiro atoms. The zero-order valence-electron chi connectivity index (χ0n) is 17.5. The number of benzene rings is 1. The quantitative estimate of drug-likeness (QED) is 0.831. The lowest BCUT2D eigenvalue weighted by atomic mass is 9.84. The van der Waals surface area contributed by atoms with Gasteiger partial charge in [-0.25, -0.2) is 12.7 Å². The van der Waals surface area contributed by atoms with Crippen molar-refractivity contribution in [3.63, 3.8) is 0 Å². The third-order valence-corrected chi connectivity index (χ3v) is 8.90. The molecule has 6 nitrogen and oxygen atoms in total. The van der Waals surface area contributed by atoms with Crippen molar-refractivity contribution in [2.45, 2.75) is 57.7 Å². The zero-order valence-corrected chi connectivity index (χ0v) is 18.3. The highest BCUT2D eigenvalue weighted by molar-refractivity contribution is 7.89. The summed E-state index contributed by atoms with van der Waals surface area (Å²) in [5, 5.41) is 0.718. The van der Waals surface area contributed by atoms with Gasteiger partial charge in [0.25, 0.3) is 0 Å². The van der Waals surface area contributed by atoms with Gasteiger partial charge in [-0.3, -0.25) is 4.79 Å². The molecule has 1 aromatic carbocycles. The van der Waals surface area contributed by atoms with Crippen molar-refractivity contribution in [3.05, 3.63) is 35.5 Å². The second-order valence-electron chi connectivity index (χ2n) is 8.75. The Morgan fingerprint density at radius 1 is 1.21 bits per heavy atom. The number of amides is 1. The fraction of sp³-hybridized carbons (Fsp3) is 0.591. The smallest absolute Gasteiger partial charge is 0.227 e. The lowest BCUT2D eigenvalue weighted by molar-refractivity contribution is -0.137. The van der Waals surface area contributed by atoms with Gasteiger partial charge in [0, 0.05) is 42.3 Å². The molecule has 2 fully saturated rings. The first-order valence-corrected chi connectivity index (χ1v) is 12.1. The van der Waals surface area contributed by atoms with Gasteiger partial charge in [0.2, 0.25) is 15.9 Å². The standard InChI is InChI=1S/C22H31N3O3S/c1-15(2)29(27,28)24-12-10-21-17(14-24)7-6-11-25(21)22(26)13-19-16(3)23-20-9-5-4-8-18(19)20/h4-5,8-9,15,17,21,23H,6-7,10-14H2,1-3H3/t17-,21-/m1/s1. The lowest BCUT2D eigenvalue weighted by Gasteiger charge is -2.47. The SMILES string of the molecule is Cc1[nH]c2ccccc2c1CC(=O)N1CCC[C@@H]2CN(S(=O)(=O)C(C)C)CC[C@H]21. The van der Waals surface area contributed by atoms with Gasteiger partial charge in [0.05, 0.1) is 11.7 Å². The van der Waals surface area contributed by atoms with E-state index in [0.717, 1.165) is 48.0 Å². The number of carbonyl (C=O) groups excluding carboxylic acids is 1. The molecule has 2 aliphatic heterocycles. The van der Waals surface area contributed by atoms with Crippen molar-refractivity contribution < 1.29 is 13.2 Å². The molecule has 1 aromatic heterocycles. The van der Waals surface area contributed by atoms with E-state index in [2.05, 4.69) is 11.1 Å². The molecule has 158 valence electrons. The van der Waals surface area contributed by atoms with E-state index < -0.39 is 15.3 Å². The second kappa shape index (κ2) is 7.76. The Morgan fingerprint density at radius 2 is 1.97 bits per heavy atom. The van der Waals surface area contributed by atoms with E-state index in [1.54, 1.807) is 18.2 Å². The van der Waals surface area contributed by atoms with Crippen molar-refractivity contribution in [1.82, 2.24) is 14.2 Å². The Hall–Kier alpha value is -1.86. The van der Waals surface area contributed by atoms with Crippen molar-refractivity contribution in [2.75, 3.05) is 19.6 Å². The number of likely N-dealkylation sites (tertiary alicyclic amines) is 1. The van der Waals surface area contributed by atoms with Crippen LogP contribution in [0.15, 0.2) is 24.3 Å². The number of aromatic nitrogens is 1. The summed E-state index contributed by atoms with van der Waals surface area (Å²) in [5.74, 6) is 0.395. The van der Waals surface area contributed by atoms with Gasteiger partial charge in [0.1, 0.15) is 0 Å². The van der Waals surface area contributed by atoms with Gasteiger partial charge in [-0.15, -0.1) is 0 Å². The molecular formula is C22H31N3O3S. The molecule has 2 aliphatic rings. The molecule has 1 amide bonds. The minimum atomic E-state index is -3.23. The van der Waals surface area contributed by atoms with Crippen molar-refractivity contribution in [3.8, 4) is 0 Å². The summed E-state index contributed by atoms with van der Waals surface area (Å²) in [4.78, 5) is 18.7. The molecule has 0 unspecified atom stereocenters. The molecule has 7 heteroatoms. The number of hydrogen-bond acceptors (Lipinski definition) is 3. The fourth-order valence-corrected chi connectivity index (χ4v) is 6.38. The van der Waals surface area contributed by atoms with Crippen LogP contribution in [0.1, 0.15) is 44.4 Å². The number of fused-ring (bicyclic) bond motifs is 2. The van der Waals surface area contributed by atoms with Crippen molar-refractivity contribution in [1.29, 1.82) is 0 Å². The monoisotopic (exact) mass is 417 g/mol. The Bertz CT molecular complexity index is 1010. The van der Waals surface area contributed by atoms with Crippen LogP contribution in [-0.4, -0.2) is 59.4 Å². The number of sulfonamides is 1. The number of aromatic amines is 1. The number of piperidine rings is 2. The van der Waals surface area contributed by atoms with Crippen LogP contribution in [0, 0.1) is 12.8 Å². The predicted molar refractivity (Wildman–Crippen MR) is 115 cm³/mol. The first kappa shape index (κ1) is 20.4. The highest BCUT2D eigenvalue weighted by atomic mass is 32.2. The van der Waals surface area contributed by atoms with Gasteiger partial charge in [-0.1, -0.05) is 18.2 Å². The van der Waals surface area contributed by atoms with Crippen LogP contribution in [0.25, 0.3) is 10.9 Å². The van der Waals surface area contributed by atoms with Crippen LogP contribution in [0.4, 0.5) is 0 Å². The summed E-state index contributed by atoms with van der Waals surface area (Å²) < 4.78 is 26.8. The largest absolute Gasteiger partial charge is 0.358 e. The molecule has 2 saturated heterocycles. The second-order valence-corrected chi connectivity index (χ2v) is 11.2. The Labute approximate surface area is 173 Å². The highest BCUT2D eigenvalue weighted by Gasteiger charge is 2.41. The topological polar surface area (TPSA) is 73.5 Å². The Balaban J connectivity index is 1.51. The lowest BCUT2D eigenvalue weighted by Crippen LogP contribution is -2.57. The van der Waals surface area contributed by atoms with Crippen LogP contribution < -0.4 is 0 Å². The van der Waals surface area contributed by atoms with Crippen LogP contribution in [-0.2, 0) is 21.2 Å². The average Bonchev–Trinajstić information content (AvgIpc) is 3.02. The molecule has 4 rings (SSSR count). The van der Waals surface area contributed by atoms with Gasteiger partial charge in [0.15, 0.2) is 0 Å². The summed E-state index contributed by atoms with van der Waals surface area (Å²) in [6.45, 7) is 7.33. The highest BCUT2D eigenvalue weighted by Crippen LogP contribution is 2.33. The number of hydrogen-bond donors (Lipinski definition) is 1. The van der Waals surface area contributed by atoms with E-state index in [4.69, 9.17) is 0 Å². The summed E-state index contributed by atoms with van der Waals surface area (Å²) in [5.41, 5.74) is 3.19. The van der Waals surface area contributed by atoms with E-state index in [9.17, 15) is 13.2 Å². The van der Waals surface area contributed by atoms with Crippen LogP contribution in [0.3, 0.4) is 0 Å². The third kappa shape index (κ3) is 3.70. The number of nitrogens with one attached hydrogen (secondary N) is 1.